The Morgan fingerprint density at radius 3 is 2.33 bits per heavy atom. The minimum Gasteiger partial charge on any atom is -0.494 e. The van der Waals surface area contributed by atoms with Gasteiger partial charge >= 0.3 is 7.12 Å². The summed E-state index contributed by atoms with van der Waals surface area (Å²) in [6.45, 7) is 11.2. The monoisotopic (exact) mass is 326 g/mol. The van der Waals surface area contributed by atoms with Crippen molar-refractivity contribution in [3.8, 4) is 5.75 Å². The first-order valence-electron chi connectivity index (χ1n) is 8.85. The van der Waals surface area contributed by atoms with E-state index in [0.717, 1.165) is 41.4 Å². The van der Waals surface area contributed by atoms with Crippen LogP contribution < -0.4 is 10.2 Å². The number of hydrogen-bond acceptors (Lipinski definition) is 3. The van der Waals surface area contributed by atoms with Gasteiger partial charge in [-0.05, 0) is 62.5 Å². The smallest absolute Gasteiger partial charge is 0.494 e. The van der Waals surface area contributed by atoms with Gasteiger partial charge in [0.15, 0.2) is 0 Å². The van der Waals surface area contributed by atoms with Crippen LogP contribution >= 0.6 is 0 Å². The summed E-state index contributed by atoms with van der Waals surface area (Å²) < 4.78 is 18.5. The molecule has 0 saturated carbocycles. The van der Waals surface area contributed by atoms with Crippen molar-refractivity contribution in [1.82, 2.24) is 0 Å². The quantitative estimate of drug-likeness (QED) is 0.605. The van der Waals surface area contributed by atoms with Gasteiger partial charge < -0.3 is 14.0 Å². The van der Waals surface area contributed by atoms with E-state index in [4.69, 9.17) is 14.0 Å². The fourth-order valence-electron chi connectivity index (χ4n) is 2.89. The third kappa shape index (κ3) is 3.18. The van der Waals surface area contributed by atoms with Gasteiger partial charge in [-0.25, -0.2) is 0 Å². The molecule has 2 aromatic rings. The van der Waals surface area contributed by atoms with Crippen molar-refractivity contribution < 1.29 is 14.0 Å². The van der Waals surface area contributed by atoms with Gasteiger partial charge in [-0.2, -0.15) is 0 Å². The van der Waals surface area contributed by atoms with Gasteiger partial charge in [-0.15, -0.1) is 0 Å². The Labute approximate surface area is 145 Å². The first-order valence-corrected chi connectivity index (χ1v) is 8.85. The molecular formula is C20H27BO3. The van der Waals surface area contributed by atoms with Crippen molar-refractivity contribution in [1.29, 1.82) is 0 Å². The van der Waals surface area contributed by atoms with E-state index < -0.39 is 0 Å². The Hall–Kier alpha value is -1.52. The molecule has 24 heavy (non-hydrogen) atoms. The van der Waals surface area contributed by atoms with E-state index in [9.17, 15) is 0 Å². The van der Waals surface area contributed by atoms with Gasteiger partial charge in [-0.1, -0.05) is 37.6 Å². The molecule has 0 spiro atoms. The number of benzene rings is 2. The van der Waals surface area contributed by atoms with Crippen LogP contribution in [0.2, 0.25) is 0 Å². The van der Waals surface area contributed by atoms with Crippen LogP contribution in [0.4, 0.5) is 0 Å². The minimum atomic E-state index is -0.380. The minimum absolute atomic E-state index is 0.349. The molecule has 3 rings (SSSR count). The third-order valence-electron chi connectivity index (χ3n) is 5.14. The van der Waals surface area contributed by atoms with Crippen LogP contribution in [0.5, 0.6) is 5.75 Å². The largest absolute Gasteiger partial charge is 0.495 e. The van der Waals surface area contributed by atoms with Gasteiger partial charge in [0.25, 0.3) is 0 Å². The Morgan fingerprint density at radius 2 is 1.67 bits per heavy atom. The zero-order valence-electron chi connectivity index (χ0n) is 15.4. The molecule has 1 aliphatic heterocycles. The zero-order chi connectivity index (χ0) is 17.4. The number of fused-ring (bicyclic) bond motifs is 1. The highest BCUT2D eigenvalue weighted by molar-refractivity contribution is 6.65. The van der Waals surface area contributed by atoms with Crippen molar-refractivity contribution in [2.45, 2.75) is 58.7 Å². The molecule has 4 heteroatoms. The standard InChI is InChI=1S/C20H27BO3/c1-6-7-12-22-16-13-15-10-8-9-11-17(15)18(14-16)21-23-19(2,3)20(4,5)24-21/h8-11,13-14H,6-7,12H2,1-5H3. The molecule has 0 atom stereocenters. The molecule has 0 aliphatic carbocycles. The van der Waals surface area contributed by atoms with E-state index in [1.165, 1.54) is 0 Å². The Kier molecular flexibility index (Phi) is 4.63. The fraction of sp³-hybridized carbons (Fsp3) is 0.500. The lowest BCUT2D eigenvalue weighted by molar-refractivity contribution is 0.00578. The lowest BCUT2D eigenvalue weighted by Gasteiger charge is -2.32. The van der Waals surface area contributed by atoms with Gasteiger partial charge in [-0.3, -0.25) is 0 Å². The Balaban J connectivity index is 2.00. The van der Waals surface area contributed by atoms with E-state index in [2.05, 4.69) is 65.0 Å². The lowest BCUT2D eigenvalue weighted by atomic mass is 9.76. The topological polar surface area (TPSA) is 27.7 Å². The molecule has 0 unspecified atom stereocenters. The second-order valence-electron chi connectivity index (χ2n) is 7.52. The van der Waals surface area contributed by atoms with Gasteiger partial charge in [0.2, 0.25) is 0 Å². The first kappa shape index (κ1) is 17.3. The number of unbranched alkanes of at least 4 members (excludes halogenated alkanes) is 1. The summed E-state index contributed by atoms with van der Waals surface area (Å²) in [5.74, 6) is 0.881. The van der Waals surface area contributed by atoms with Crippen LogP contribution in [0, 0.1) is 0 Å². The van der Waals surface area contributed by atoms with E-state index in [1.807, 2.05) is 6.07 Å². The van der Waals surface area contributed by atoms with Crippen LogP contribution in [0.1, 0.15) is 47.5 Å². The number of hydrogen-bond donors (Lipinski definition) is 0. The first-order chi connectivity index (χ1) is 11.3. The van der Waals surface area contributed by atoms with Gasteiger partial charge in [0.05, 0.1) is 17.8 Å². The van der Waals surface area contributed by atoms with Crippen LogP contribution in [0.15, 0.2) is 36.4 Å². The predicted octanol–water partition coefficient (Wildman–Crippen LogP) is 4.32. The van der Waals surface area contributed by atoms with Gasteiger partial charge in [0, 0.05) is 0 Å². The molecule has 1 saturated heterocycles. The molecule has 1 fully saturated rings. The second-order valence-corrected chi connectivity index (χ2v) is 7.52. The normalized spacial score (nSPS) is 19.0. The average molecular weight is 326 g/mol. The van der Waals surface area contributed by atoms with Crippen LogP contribution in [-0.2, 0) is 9.31 Å². The van der Waals surface area contributed by atoms with E-state index in [0.29, 0.717) is 0 Å². The summed E-state index contributed by atoms with van der Waals surface area (Å²) in [4.78, 5) is 0. The highest BCUT2D eigenvalue weighted by Gasteiger charge is 2.52. The molecule has 0 radical (unpaired) electrons. The molecular weight excluding hydrogens is 299 g/mol. The second kappa shape index (κ2) is 6.42. The van der Waals surface area contributed by atoms with E-state index in [1.54, 1.807) is 0 Å². The SMILES string of the molecule is CCCCOc1cc(B2OC(C)(C)C(C)(C)O2)c2ccccc2c1. The molecule has 1 heterocycles. The highest BCUT2D eigenvalue weighted by Crippen LogP contribution is 2.37. The fourth-order valence-corrected chi connectivity index (χ4v) is 2.89. The Bertz CT molecular complexity index is 708. The number of ether oxygens (including phenoxy) is 1. The molecule has 0 amide bonds. The molecule has 128 valence electrons. The maximum Gasteiger partial charge on any atom is 0.495 e. The van der Waals surface area contributed by atoms with Crippen molar-refractivity contribution in [2.75, 3.05) is 6.61 Å². The summed E-state index contributed by atoms with van der Waals surface area (Å²) in [7, 11) is -0.380. The molecule has 0 aromatic heterocycles. The van der Waals surface area contributed by atoms with E-state index in [-0.39, 0.29) is 18.3 Å². The summed E-state index contributed by atoms with van der Waals surface area (Å²) >= 11 is 0. The average Bonchev–Trinajstić information content (AvgIpc) is 2.75. The van der Waals surface area contributed by atoms with Crippen LogP contribution in [0.3, 0.4) is 0 Å². The molecule has 2 aromatic carbocycles. The zero-order valence-corrected chi connectivity index (χ0v) is 15.4. The summed E-state index contributed by atoms with van der Waals surface area (Å²) in [5.41, 5.74) is 0.341. The number of rotatable bonds is 5. The Morgan fingerprint density at radius 1 is 1.00 bits per heavy atom. The maximum absolute atomic E-state index is 6.26. The van der Waals surface area contributed by atoms with Crippen molar-refractivity contribution in [2.24, 2.45) is 0 Å². The lowest BCUT2D eigenvalue weighted by Crippen LogP contribution is -2.41. The van der Waals surface area contributed by atoms with E-state index >= 15 is 0 Å². The van der Waals surface area contributed by atoms with Crippen molar-refractivity contribution in [3.63, 3.8) is 0 Å². The highest BCUT2D eigenvalue weighted by atomic mass is 16.7. The van der Waals surface area contributed by atoms with Crippen molar-refractivity contribution in [3.05, 3.63) is 36.4 Å². The molecule has 1 aliphatic rings. The molecule has 0 N–H and O–H groups in total. The van der Waals surface area contributed by atoms with Crippen LogP contribution in [-0.4, -0.2) is 24.9 Å². The molecule has 3 nitrogen and oxygen atoms in total. The third-order valence-corrected chi connectivity index (χ3v) is 5.14. The summed E-state index contributed by atoms with van der Waals surface area (Å²) in [5, 5.41) is 2.30. The van der Waals surface area contributed by atoms with Crippen molar-refractivity contribution >= 4 is 23.4 Å². The summed E-state index contributed by atoms with van der Waals surface area (Å²) in [6, 6.07) is 12.5. The van der Waals surface area contributed by atoms with Crippen LogP contribution in [0.25, 0.3) is 10.8 Å². The summed E-state index contributed by atoms with van der Waals surface area (Å²) in [6.07, 6.45) is 2.18. The predicted molar refractivity (Wildman–Crippen MR) is 100 cm³/mol. The van der Waals surface area contributed by atoms with Gasteiger partial charge in [0.1, 0.15) is 5.75 Å². The maximum atomic E-state index is 6.26. The molecule has 0 bridgehead atoms.